The summed E-state index contributed by atoms with van der Waals surface area (Å²) in [5.74, 6) is -4.24. The molecule has 1 spiro atoms. The Balaban J connectivity index is 0.965. The molecule has 4 saturated carbocycles. The van der Waals surface area contributed by atoms with Crippen LogP contribution in [0.2, 0.25) is 0 Å². The molecule has 12 aliphatic heterocycles. The van der Waals surface area contributed by atoms with Crippen molar-refractivity contribution in [1.82, 2.24) is 0 Å². The second-order valence-electron chi connectivity index (χ2n) is 31.4. The molecule has 16 N–H and O–H groups in total. The third-order valence-corrected chi connectivity index (χ3v) is 24.7. The summed E-state index contributed by atoms with van der Waals surface area (Å²) in [6, 6.07) is 0. The van der Waals surface area contributed by atoms with Crippen LogP contribution in [0.4, 0.5) is 0 Å². The largest absolute Gasteiger partial charge is 0.457 e. The van der Waals surface area contributed by atoms with Gasteiger partial charge in [0, 0.05) is 5.41 Å². The molecular formula is C65H102O31. The number of esters is 3. The first-order chi connectivity index (χ1) is 45.0. The van der Waals surface area contributed by atoms with Crippen molar-refractivity contribution in [3.05, 3.63) is 11.6 Å². The summed E-state index contributed by atoms with van der Waals surface area (Å²) < 4.78 is 72.7. The first kappa shape index (κ1) is 74.3. The number of aliphatic hydroxyl groups excluding tert-OH is 15. The maximum absolute atomic E-state index is 15.7. The third-order valence-electron chi connectivity index (χ3n) is 24.7. The van der Waals surface area contributed by atoms with E-state index in [9.17, 15) is 91.3 Å². The fraction of sp³-hybridized carbons (Fsp3) is 0.923. The van der Waals surface area contributed by atoms with Crippen LogP contribution >= 0.6 is 0 Å². The minimum absolute atomic E-state index is 0.130. The van der Waals surface area contributed by atoms with Crippen LogP contribution in [-0.4, -0.2) is 298 Å². The highest BCUT2D eigenvalue weighted by atomic mass is 16.8. The van der Waals surface area contributed by atoms with Crippen molar-refractivity contribution in [2.75, 3.05) is 33.0 Å². The molecule has 31 heteroatoms. The average Bonchev–Trinajstić information content (AvgIpc) is 0.673. The Morgan fingerprint density at radius 2 is 1.11 bits per heavy atom. The Bertz CT molecular complexity index is 2810. The molecule has 17 rings (SSSR count). The summed E-state index contributed by atoms with van der Waals surface area (Å²) in [4.78, 5) is 43.5. The predicted molar refractivity (Wildman–Crippen MR) is 318 cm³/mol. The summed E-state index contributed by atoms with van der Waals surface area (Å²) in [7, 11) is 0. The molecule has 0 amide bonds. The van der Waals surface area contributed by atoms with Crippen molar-refractivity contribution in [3.8, 4) is 0 Å². The minimum Gasteiger partial charge on any atom is -0.457 e. The zero-order valence-electron chi connectivity index (χ0n) is 55.4. The van der Waals surface area contributed by atoms with Gasteiger partial charge in [0.1, 0.15) is 91.6 Å². The van der Waals surface area contributed by atoms with Crippen LogP contribution in [0.1, 0.15) is 126 Å². The topological polar surface area (TPSA) is 486 Å². The normalized spacial score (nSPS) is 54.2. The fourth-order valence-corrected chi connectivity index (χ4v) is 19.1. The Labute approximate surface area is 555 Å². The van der Waals surface area contributed by atoms with Crippen molar-refractivity contribution >= 4 is 17.9 Å². The van der Waals surface area contributed by atoms with Crippen molar-refractivity contribution in [1.29, 1.82) is 0 Å². The SMILES string of the molecule is C[C@@H]1O[C@H]2O[C@H]3[C@@H](OC[C@H](O)[C@@H]3O)OC(=O)[C@]34CCC(C)(C)C[C@H]3C3=CC[C@@H]5[C@@]6(C)C[C@H](O)[C@H](O[C@@H]7O[C@H](CO)[C@@H](O)[C@H](O)[C@H]7O[C@@H]7O[C@H](CO)[C@H](OC(=O)CC(C)(O)CC(=O)O[C@@H]1[C@@H](O[C@@H]1O[C@H](CO)[C@@H](O)[C@H](O)[C@H]1O)[C@H]2O)[C@H](O)[C@H]7O)[C@@](C)(CO)[C@@H]6CC[C@@]5(C)[C@]3(C)CC4. The standard InChI is InChI=1S/C65H102O31/c1-26-47-49(92-53-44(80)41(77)39(75)31(21-66)87-53)46(82)55(86-26)93-50-38(74)30(71)24-85-56(50)96-58(83)65-15-13-59(2,3)17-28(65)27-9-10-35-61(5)18-29(70)52(62(6,25-69)34(61)11-12-64(35,8)63(27,7)14-16-65)95-57-51(42(78)40(76)32(22-67)88-57)94-54-45(81)43(79)48(33(23-68)89-54)91-37(73)20-60(4,84)19-36(72)90-47/h9,26,28-35,38-57,66-71,74-82,84H,10-25H2,1-8H3/t26-,28-,29-,30-,31+,32+,33+,34+,35+,38-,39+,40+,41-,42-,43+,44+,45+,46+,47-,48-,49-,50+,51+,52-,53-,54-,55-,56-,57-,60?,61-,62-,63+,64+,65-/m0/s1. The van der Waals surface area contributed by atoms with E-state index in [1.165, 1.54) is 6.92 Å². The first-order valence-corrected chi connectivity index (χ1v) is 33.8. The summed E-state index contributed by atoms with van der Waals surface area (Å²) in [5, 5.41) is 181. The van der Waals surface area contributed by atoms with E-state index < -0.39 is 262 Å². The van der Waals surface area contributed by atoms with Crippen LogP contribution in [0.5, 0.6) is 0 Å². The molecule has 17 aliphatic rings. The van der Waals surface area contributed by atoms with E-state index in [4.69, 9.17) is 56.8 Å². The lowest BCUT2D eigenvalue weighted by atomic mass is 9.33. The van der Waals surface area contributed by atoms with Crippen LogP contribution in [0.3, 0.4) is 0 Å². The Morgan fingerprint density at radius 1 is 0.531 bits per heavy atom. The van der Waals surface area contributed by atoms with Gasteiger partial charge in [-0.2, -0.15) is 0 Å². The van der Waals surface area contributed by atoms with Crippen molar-refractivity contribution in [2.24, 2.45) is 50.2 Å². The Kier molecular flexibility index (Phi) is 21.2. The van der Waals surface area contributed by atoms with Gasteiger partial charge in [-0.15, -0.1) is 0 Å². The van der Waals surface area contributed by atoms with Gasteiger partial charge in [0.15, 0.2) is 43.5 Å². The number of hydrogen-bond donors (Lipinski definition) is 16. The van der Waals surface area contributed by atoms with E-state index in [0.29, 0.717) is 51.4 Å². The molecule has 1 unspecified atom stereocenters. The Morgan fingerprint density at radius 3 is 1.76 bits per heavy atom. The van der Waals surface area contributed by atoms with Crippen molar-refractivity contribution < 1.29 is 153 Å². The van der Waals surface area contributed by atoms with E-state index in [1.807, 2.05) is 0 Å². The number of aliphatic hydroxyl groups is 16. The number of ether oxygens (including phenoxy) is 12. The van der Waals surface area contributed by atoms with Gasteiger partial charge in [-0.1, -0.05) is 53.2 Å². The molecule has 35 atom stereocenters. The summed E-state index contributed by atoms with van der Waals surface area (Å²) in [6.07, 6.45) is -43.5. The average molecular weight is 1380 g/mol. The molecule has 5 aliphatic carbocycles. The highest BCUT2D eigenvalue weighted by Crippen LogP contribution is 2.76. The number of carbonyl (C=O) groups is 3. The summed E-state index contributed by atoms with van der Waals surface area (Å²) >= 11 is 0. The van der Waals surface area contributed by atoms with Gasteiger partial charge in [0.2, 0.25) is 6.29 Å². The zero-order chi connectivity index (χ0) is 70.1. The first-order valence-electron chi connectivity index (χ1n) is 33.8. The second kappa shape index (κ2) is 27.4. The molecule has 31 nitrogen and oxygen atoms in total. The van der Waals surface area contributed by atoms with Gasteiger partial charge in [-0.3, -0.25) is 14.4 Å². The molecule has 548 valence electrons. The zero-order valence-corrected chi connectivity index (χ0v) is 55.4. The van der Waals surface area contributed by atoms with Gasteiger partial charge < -0.3 is 139 Å². The van der Waals surface area contributed by atoms with E-state index in [1.54, 1.807) is 6.92 Å². The van der Waals surface area contributed by atoms with Gasteiger partial charge in [0.25, 0.3) is 0 Å². The second-order valence-corrected chi connectivity index (χ2v) is 31.4. The highest BCUT2D eigenvalue weighted by molar-refractivity contribution is 5.79. The lowest BCUT2D eigenvalue weighted by Crippen LogP contribution is -2.70. The fourth-order valence-electron chi connectivity index (χ4n) is 19.1. The molecule has 0 aromatic carbocycles. The molecule has 0 radical (unpaired) electrons. The van der Waals surface area contributed by atoms with Crippen molar-refractivity contribution in [2.45, 2.75) is 291 Å². The third kappa shape index (κ3) is 12.7. The van der Waals surface area contributed by atoms with Crippen LogP contribution < -0.4 is 0 Å². The number of allylic oxidation sites excluding steroid dienone is 2. The van der Waals surface area contributed by atoms with Gasteiger partial charge >= 0.3 is 17.9 Å². The Hall–Kier alpha value is -2.85. The maximum Gasteiger partial charge on any atom is 0.315 e. The van der Waals surface area contributed by atoms with Crippen LogP contribution in [0.25, 0.3) is 0 Å². The maximum atomic E-state index is 15.7. The minimum atomic E-state index is -2.40. The summed E-state index contributed by atoms with van der Waals surface area (Å²) in [5.41, 5.74) is -5.84. The molecule has 12 fully saturated rings. The smallest absolute Gasteiger partial charge is 0.315 e. The molecule has 0 aromatic rings. The summed E-state index contributed by atoms with van der Waals surface area (Å²) in [6.45, 7) is 11.2. The van der Waals surface area contributed by atoms with Gasteiger partial charge in [-0.05, 0) is 111 Å². The number of rotatable bonds is 6. The van der Waals surface area contributed by atoms with Crippen LogP contribution in [0.15, 0.2) is 11.6 Å². The van der Waals surface area contributed by atoms with Crippen LogP contribution in [-0.2, 0) is 71.2 Å². The van der Waals surface area contributed by atoms with E-state index in [-0.39, 0.29) is 23.7 Å². The van der Waals surface area contributed by atoms with Gasteiger partial charge in [0.05, 0.1) is 75.2 Å². The molecule has 96 heavy (non-hydrogen) atoms. The van der Waals surface area contributed by atoms with Crippen LogP contribution in [0, 0.1) is 50.2 Å². The lowest BCUT2D eigenvalue weighted by molar-refractivity contribution is -0.384. The highest BCUT2D eigenvalue weighted by Gasteiger charge is 2.72. The monoisotopic (exact) mass is 1380 g/mol. The molecule has 8 saturated heterocycles. The van der Waals surface area contributed by atoms with E-state index in [0.717, 1.165) is 12.5 Å². The lowest BCUT2D eigenvalue weighted by Gasteiger charge is -2.72. The molecule has 12 bridgehead atoms. The van der Waals surface area contributed by atoms with Crippen molar-refractivity contribution in [3.63, 3.8) is 0 Å². The number of hydrogen-bond acceptors (Lipinski definition) is 31. The predicted octanol–water partition coefficient (Wildman–Crippen LogP) is -3.95. The van der Waals surface area contributed by atoms with Gasteiger partial charge in [-0.25, -0.2) is 0 Å². The molecule has 0 aromatic heterocycles. The molecule has 12 heterocycles. The van der Waals surface area contributed by atoms with E-state index in [2.05, 4.69) is 40.7 Å². The molecular weight excluding hydrogens is 1280 g/mol. The van der Waals surface area contributed by atoms with E-state index >= 15 is 4.79 Å². The number of carbonyl (C=O) groups excluding carboxylic acids is 3. The quantitative estimate of drug-likeness (QED) is 0.0522.